The van der Waals surface area contributed by atoms with Crippen LogP contribution in [0.2, 0.25) is 0 Å². The van der Waals surface area contributed by atoms with Gasteiger partial charge in [-0.15, -0.1) is 0 Å². The van der Waals surface area contributed by atoms with E-state index in [9.17, 15) is 20.4 Å². The molecule has 5 aromatic carbocycles. The lowest BCUT2D eigenvalue weighted by Crippen LogP contribution is -2.30. The number of phenolic OH excluding ortho intramolecular Hbond substituents is 4. The summed E-state index contributed by atoms with van der Waals surface area (Å²) in [6.45, 7) is 2.11. The quantitative estimate of drug-likeness (QED) is 0.198. The highest BCUT2D eigenvalue weighted by molar-refractivity contribution is 5.96. The van der Waals surface area contributed by atoms with Gasteiger partial charge in [0.15, 0.2) is 0 Å². The van der Waals surface area contributed by atoms with E-state index in [-0.39, 0.29) is 23.0 Å². The summed E-state index contributed by atoms with van der Waals surface area (Å²) in [4.78, 5) is 0. The van der Waals surface area contributed by atoms with Crippen molar-refractivity contribution in [3.63, 3.8) is 0 Å². The molecule has 5 rings (SSSR count). The van der Waals surface area contributed by atoms with Crippen molar-refractivity contribution in [3.8, 4) is 23.0 Å². The Labute approximate surface area is 204 Å². The maximum absolute atomic E-state index is 11.5. The second-order valence-corrected chi connectivity index (χ2v) is 9.11. The van der Waals surface area contributed by atoms with Gasteiger partial charge < -0.3 is 20.4 Å². The molecule has 4 heteroatoms. The Balaban J connectivity index is 2.04. The van der Waals surface area contributed by atoms with Gasteiger partial charge in [-0.2, -0.15) is 0 Å². The maximum atomic E-state index is 11.5. The van der Waals surface area contributed by atoms with E-state index in [4.69, 9.17) is 0 Å². The van der Waals surface area contributed by atoms with Crippen molar-refractivity contribution in [2.75, 3.05) is 0 Å². The molecule has 5 aromatic rings. The molecule has 4 nitrogen and oxygen atoms in total. The second kappa shape index (κ2) is 8.88. The van der Waals surface area contributed by atoms with Crippen LogP contribution in [0.3, 0.4) is 0 Å². The molecule has 0 atom stereocenters. The van der Waals surface area contributed by atoms with E-state index in [1.54, 1.807) is 36.4 Å². The third-order valence-electron chi connectivity index (χ3n) is 6.99. The van der Waals surface area contributed by atoms with E-state index < -0.39 is 5.41 Å². The summed E-state index contributed by atoms with van der Waals surface area (Å²) in [5.74, 6) is 0.363. The van der Waals surface area contributed by atoms with Crippen LogP contribution in [0.5, 0.6) is 23.0 Å². The minimum absolute atomic E-state index is 0.0830. The van der Waals surface area contributed by atoms with Crippen molar-refractivity contribution in [1.82, 2.24) is 0 Å². The van der Waals surface area contributed by atoms with Gasteiger partial charge in [-0.1, -0.05) is 74.4 Å². The van der Waals surface area contributed by atoms with Crippen LogP contribution in [0.15, 0.2) is 91.0 Å². The van der Waals surface area contributed by atoms with Gasteiger partial charge in [0.1, 0.15) is 23.0 Å². The Kier molecular flexibility index (Phi) is 5.73. The average Bonchev–Trinajstić information content (AvgIpc) is 2.86. The van der Waals surface area contributed by atoms with Crippen molar-refractivity contribution in [2.45, 2.75) is 31.6 Å². The number of hydrogen-bond donors (Lipinski definition) is 4. The van der Waals surface area contributed by atoms with Crippen molar-refractivity contribution < 1.29 is 20.4 Å². The van der Waals surface area contributed by atoms with Crippen molar-refractivity contribution >= 4 is 21.5 Å². The predicted molar refractivity (Wildman–Crippen MR) is 140 cm³/mol. The summed E-state index contributed by atoms with van der Waals surface area (Å²) >= 11 is 0. The van der Waals surface area contributed by atoms with Gasteiger partial charge in [0.05, 0.1) is 5.41 Å². The zero-order chi connectivity index (χ0) is 24.6. The Morgan fingerprint density at radius 3 is 1.57 bits per heavy atom. The van der Waals surface area contributed by atoms with Crippen LogP contribution in [0.4, 0.5) is 0 Å². The average molecular weight is 465 g/mol. The minimum atomic E-state index is -0.966. The van der Waals surface area contributed by atoms with E-state index in [2.05, 4.69) is 6.92 Å². The lowest BCUT2D eigenvalue weighted by molar-refractivity contribution is 0.424. The van der Waals surface area contributed by atoms with Crippen LogP contribution in [0.25, 0.3) is 21.5 Å². The number of rotatable bonds is 6. The first-order valence-electron chi connectivity index (χ1n) is 11.9. The van der Waals surface area contributed by atoms with Crippen molar-refractivity contribution in [3.05, 3.63) is 108 Å². The van der Waals surface area contributed by atoms with Crippen LogP contribution in [0, 0.1) is 0 Å². The van der Waals surface area contributed by atoms with E-state index >= 15 is 0 Å². The zero-order valence-corrected chi connectivity index (χ0v) is 19.6. The van der Waals surface area contributed by atoms with Crippen LogP contribution in [-0.4, -0.2) is 20.4 Å². The molecule has 0 heterocycles. The molecule has 0 aliphatic heterocycles. The molecule has 0 bridgehead atoms. The number of phenols is 4. The summed E-state index contributed by atoms with van der Waals surface area (Å²) in [6, 6.07) is 27.2. The molecule has 0 fully saturated rings. The van der Waals surface area contributed by atoms with Gasteiger partial charge in [0.25, 0.3) is 0 Å². The number of benzene rings is 5. The topological polar surface area (TPSA) is 80.9 Å². The third kappa shape index (κ3) is 3.71. The first-order valence-corrected chi connectivity index (χ1v) is 11.9. The number of unbranched alkanes of at least 4 members (excludes halogenated alkanes) is 1. The number of aromatic hydroxyl groups is 4. The Bertz CT molecular complexity index is 1420. The second-order valence-electron chi connectivity index (χ2n) is 9.11. The van der Waals surface area contributed by atoms with E-state index in [0.717, 1.165) is 29.2 Å². The molecule has 0 radical (unpaired) electrons. The van der Waals surface area contributed by atoms with Gasteiger partial charge >= 0.3 is 0 Å². The Hall–Kier alpha value is -4.18. The Morgan fingerprint density at radius 2 is 1.09 bits per heavy atom. The molecule has 4 N–H and O–H groups in total. The summed E-state index contributed by atoms with van der Waals surface area (Å²) in [6.07, 6.45) is 2.32. The molecular weight excluding hydrogens is 436 g/mol. The molecule has 0 spiro atoms. The first kappa shape index (κ1) is 22.6. The van der Waals surface area contributed by atoms with Gasteiger partial charge in [-0.25, -0.2) is 0 Å². The summed E-state index contributed by atoms with van der Waals surface area (Å²) < 4.78 is 0. The highest BCUT2D eigenvalue weighted by atomic mass is 16.3. The lowest BCUT2D eigenvalue weighted by Gasteiger charge is -2.38. The minimum Gasteiger partial charge on any atom is -0.508 e. The van der Waals surface area contributed by atoms with Crippen LogP contribution >= 0.6 is 0 Å². The monoisotopic (exact) mass is 464 g/mol. The summed E-state index contributed by atoms with van der Waals surface area (Å²) in [5.41, 5.74) is 1.19. The van der Waals surface area contributed by atoms with Crippen molar-refractivity contribution in [2.24, 2.45) is 0 Å². The van der Waals surface area contributed by atoms with E-state index in [1.807, 2.05) is 54.6 Å². The number of hydrogen-bond acceptors (Lipinski definition) is 4. The van der Waals surface area contributed by atoms with E-state index in [0.29, 0.717) is 28.3 Å². The summed E-state index contributed by atoms with van der Waals surface area (Å²) in [7, 11) is 0. The number of fused-ring (bicyclic) bond motifs is 2. The SMILES string of the molecule is CCCCC(c1ccccc1)(c1c(O)ccc2ccc(O)cc12)c1c(O)ccc2ccc(O)cc12. The zero-order valence-electron chi connectivity index (χ0n) is 19.6. The molecule has 0 unspecified atom stereocenters. The van der Waals surface area contributed by atoms with E-state index in [1.165, 1.54) is 0 Å². The van der Waals surface area contributed by atoms with Gasteiger partial charge in [-0.3, -0.25) is 0 Å². The highest BCUT2D eigenvalue weighted by Gasteiger charge is 2.42. The highest BCUT2D eigenvalue weighted by Crippen LogP contribution is 2.54. The molecule has 0 aliphatic carbocycles. The van der Waals surface area contributed by atoms with Crippen molar-refractivity contribution in [1.29, 1.82) is 0 Å². The third-order valence-corrected chi connectivity index (χ3v) is 6.99. The Morgan fingerprint density at radius 1 is 0.600 bits per heavy atom. The smallest absolute Gasteiger partial charge is 0.120 e. The standard InChI is InChI=1S/C31H28O4/c1-2-3-17-31(22-7-5-4-6-8-22,29-25-18-23(32)13-9-20(25)11-15-27(29)34)30-26-19-24(33)14-10-21(26)12-16-28(30)35/h4-16,18-19,32-35H,2-3,17H2,1H3. The first-order chi connectivity index (χ1) is 17.0. The molecule has 0 aromatic heterocycles. The fraction of sp³-hybridized carbons (Fsp3) is 0.161. The van der Waals surface area contributed by atoms with Gasteiger partial charge in [0, 0.05) is 11.1 Å². The molecule has 0 aliphatic rings. The molecule has 0 saturated heterocycles. The van der Waals surface area contributed by atoms with Crippen LogP contribution < -0.4 is 0 Å². The molecule has 0 amide bonds. The molecular formula is C31H28O4. The fourth-order valence-electron chi connectivity index (χ4n) is 5.46. The largest absolute Gasteiger partial charge is 0.508 e. The normalized spacial score (nSPS) is 11.8. The molecule has 176 valence electrons. The predicted octanol–water partition coefficient (Wildman–Crippen LogP) is 7.34. The summed E-state index contributed by atoms with van der Waals surface area (Å²) in [5, 5.41) is 46.9. The lowest BCUT2D eigenvalue weighted by atomic mass is 9.63. The van der Waals surface area contributed by atoms with Gasteiger partial charge in [0.2, 0.25) is 0 Å². The van der Waals surface area contributed by atoms with Gasteiger partial charge in [-0.05, 0) is 69.9 Å². The van der Waals surface area contributed by atoms with Crippen LogP contribution in [-0.2, 0) is 5.41 Å². The molecule has 0 saturated carbocycles. The van der Waals surface area contributed by atoms with Crippen LogP contribution in [0.1, 0.15) is 42.9 Å². The maximum Gasteiger partial charge on any atom is 0.120 e. The fourth-order valence-corrected chi connectivity index (χ4v) is 5.46. The molecule has 35 heavy (non-hydrogen) atoms.